The van der Waals surface area contributed by atoms with Crippen molar-refractivity contribution in [3.8, 4) is 0 Å². The maximum absolute atomic E-state index is 12.5. The van der Waals surface area contributed by atoms with Crippen LogP contribution in [-0.4, -0.2) is 52.4 Å². The van der Waals surface area contributed by atoms with E-state index in [1.54, 1.807) is 0 Å². The van der Waals surface area contributed by atoms with Crippen molar-refractivity contribution in [3.63, 3.8) is 0 Å². The minimum atomic E-state index is -1.05. The lowest BCUT2D eigenvalue weighted by Crippen LogP contribution is -2.53. The summed E-state index contributed by atoms with van der Waals surface area (Å²) in [7, 11) is 1.53. The SMILES string of the molecule is CNC(=O)[C@H]1CC[C@@H](C(=O)O)N(C(=O)c2ccncc2)C1. The number of pyridine rings is 1. The molecule has 0 spiro atoms. The molecule has 1 aliphatic rings. The highest BCUT2D eigenvalue weighted by Crippen LogP contribution is 2.24. The van der Waals surface area contributed by atoms with Crippen LogP contribution in [0.1, 0.15) is 23.2 Å². The van der Waals surface area contributed by atoms with Crippen LogP contribution in [0.4, 0.5) is 0 Å². The maximum Gasteiger partial charge on any atom is 0.326 e. The molecule has 0 bridgehead atoms. The van der Waals surface area contributed by atoms with Crippen LogP contribution in [0.5, 0.6) is 0 Å². The molecule has 0 aliphatic carbocycles. The van der Waals surface area contributed by atoms with Gasteiger partial charge >= 0.3 is 5.97 Å². The van der Waals surface area contributed by atoms with Crippen LogP contribution in [0.25, 0.3) is 0 Å². The predicted octanol–water partition coefficient (Wildman–Crippen LogP) is 0.133. The van der Waals surface area contributed by atoms with E-state index in [2.05, 4.69) is 10.3 Å². The quantitative estimate of drug-likeness (QED) is 0.824. The molecule has 2 heterocycles. The molecule has 2 rings (SSSR count). The second kappa shape index (κ2) is 6.34. The van der Waals surface area contributed by atoms with E-state index in [-0.39, 0.29) is 24.8 Å². The van der Waals surface area contributed by atoms with E-state index in [0.717, 1.165) is 0 Å². The van der Waals surface area contributed by atoms with Gasteiger partial charge in [-0.2, -0.15) is 0 Å². The molecule has 2 N–H and O–H groups in total. The molecular formula is C14H17N3O4. The molecule has 1 fully saturated rings. The average molecular weight is 291 g/mol. The Kier molecular flexibility index (Phi) is 4.52. The summed E-state index contributed by atoms with van der Waals surface area (Å²) < 4.78 is 0. The van der Waals surface area contributed by atoms with Crippen LogP contribution < -0.4 is 5.32 Å². The summed E-state index contributed by atoms with van der Waals surface area (Å²) in [6, 6.07) is 2.17. The Balaban J connectivity index is 2.24. The van der Waals surface area contributed by atoms with Crippen molar-refractivity contribution in [2.24, 2.45) is 5.92 Å². The van der Waals surface area contributed by atoms with Crippen molar-refractivity contribution in [2.75, 3.05) is 13.6 Å². The largest absolute Gasteiger partial charge is 0.480 e. The number of carbonyl (C=O) groups excluding carboxylic acids is 2. The molecule has 0 unspecified atom stereocenters. The van der Waals surface area contributed by atoms with E-state index in [4.69, 9.17) is 0 Å². The number of carboxylic acids is 1. The zero-order valence-corrected chi connectivity index (χ0v) is 11.7. The van der Waals surface area contributed by atoms with Crippen molar-refractivity contribution in [2.45, 2.75) is 18.9 Å². The fourth-order valence-corrected chi connectivity index (χ4v) is 2.53. The number of likely N-dealkylation sites (tertiary alicyclic amines) is 1. The third kappa shape index (κ3) is 3.18. The van der Waals surface area contributed by atoms with Crippen LogP contribution in [0.15, 0.2) is 24.5 Å². The molecular weight excluding hydrogens is 274 g/mol. The molecule has 1 aromatic heterocycles. The van der Waals surface area contributed by atoms with Crippen molar-refractivity contribution in [3.05, 3.63) is 30.1 Å². The predicted molar refractivity (Wildman–Crippen MR) is 73.5 cm³/mol. The number of piperidine rings is 1. The third-order valence-corrected chi connectivity index (χ3v) is 3.67. The molecule has 2 amide bonds. The number of amides is 2. The van der Waals surface area contributed by atoms with Gasteiger partial charge in [0.25, 0.3) is 5.91 Å². The fourth-order valence-electron chi connectivity index (χ4n) is 2.53. The standard InChI is InChI=1S/C14H17N3O4/c1-15-12(18)10-2-3-11(14(20)21)17(8-10)13(19)9-4-6-16-7-5-9/h4-7,10-11H,2-3,8H2,1H3,(H,15,18)(H,20,21)/t10-,11-/m0/s1. The number of rotatable bonds is 3. The molecule has 7 heteroatoms. The van der Waals surface area contributed by atoms with Gasteiger partial charge in [0.2, 0.25) is 5.91 Å². The molecule has 1 saturated heterocycles. The average Bonchev–Trinajstić information content (AvgIpc) is 2.53. The van der Waals surface area contributed by atoms with Crippen LogP contribution in [0.2, 0.25) is 0 Å². The topological polar surface area (TPSA) is 99.6 Å². The normalized spacial score (nSPS) is 21.7. The van der Waals surface area contributed by atoms with E-state index in [0.29, 0.717) is 12.0 Å². The molecule has 7 nitrogen and oxygen atoms in total. The summed E-state index contributed by atoms with van der Waals surface area (Å²) in [5.74, 6) is -1.99. The first-order chi connectivity index (χ1) is 10.0. The van der Waals surface area contributed by atoms with E-state index in [1.807, 2.05) is 0 Å². The second-order valence-electron chi connectivity index (χ2n) is 4.94. The second-order valence-corrected chi connectivity index (χ2v) is 4.94. The molecule has 0 radical (unpaired) electrons. The van der Waals surface area contributed by atoms with Gasteiger partial charge in [0.1, 0.15) is 6.04 Å². The van der Waals surface area contributed by atoms with Gasteiger partial charge in [-0.25, -0.2) is 4.79 Å². The van der Waals surface area contributed by atoms with Crippen LogP contribution in [0.3, 0.4) is 0 Å². The number of aliphatic carboxylic acids is 1. The molecule has 1 aliphatic heterocycles. The maximum atomic E-state index is 12.5. The Bertz CT molecular complexity index is 546. The first-order valence-electron chi connectivity index (χ1n) is 6.70. The lowest BCUT2D eigenvalue weighted by Gasteiger charge is -2.36. The number of hydrogen-bond acceptors (Lipinski definition) is 4. The first kappa shape index (κ1) is 15.0. The van der Waals surface area contributed by atoms with Gasteiger partial charge in [-0.15, -0.1) is 0 Å². The third-order valence-electron chi connectivity index (χ3n) is 3.67. The van der Waals surface area contributed by atoms with Gasteiger partial charge in [-0.3, -0.25) is 14.6 Å². The Labute approximate surface area is 122 Å². The summed E-state index contributed by atoms with van der Waals surface area (Å²) in [6.45, 7) is 0.109. The van der Waals surface area contributed by atoms with Crippen LogP contribution in [0, 0.1) is 5.92 Å². The van der Waals surface area contributed by atoms with Gasteiger partial charge in [-0.1, -0.05) is 0 Å². The number of nitrogens with zero attached hydrogens (tertiary/aromatic N) is 2. The van der Waals surface area contributed by atoms with E-state index in [1.165, 1.54) is 36.5 Å². The zero-order chi connectivity index (χ0) is 15.4. The van der Waals surface area contributed by atoms with E-state index >= 15 is 0 Å². The minimum Gasteiger partial charge on any atom is -0.480 e. The van der Waals surface area contributed by atoms with Gasteiger partial charge in [0, 0.05) is 31.5 Å². The number of hydrogen-bond donors (Lipinski definition) is 2. The van der Waals surface area contributed by atoms with Crippen LogP contribution >= 0.6 is 0 Å². The van der Waals surface area contributed by atoms with Crippen LogP contribution in [-0.2, 0) is 9.59 Å². The fraction of sp³-hybridized carbons (Fsp3) is 0.429. The lowest BCUT2D eigenvalue weighted by atomic mass is 9.91. The molecule has 0 saturated carbocycles. The summed E-state index contributed by atoms with van der Waals surface area (Å²) in [5.41, 5.74) is 0.369. The Morgan fingerprint density at radius 2 is 1.95 bits per heavy atom. The Morgan fingerprint density at radius 3 is 2.52 bits per heavy atom. The summed E-state index contributed by atoms with van der Waals surface area (Å²) in [6.07, 6.45) is 3.67. The molecule has 21 heavy (non-hydrogen) atoms. The highest BCUT2D eigenvalue weighted by molar-refractivity contribution is 5.97. The number of carbonyl (C=O) groups is 3. The minimum absolute atomic E-state index is 0.109. The van der Waals surface area contributed by atoms with Crippen molar-refractivity contribution in [1.29, 1.82) is 0 Å². The van der Waals surface area contributed by atoms with E-state index < -0.39 is 17.9 Å². The van der Waals surface area contributed by atoms with Gasteiger partial charge in [-0.05, 0) is 25.0 Å². The van der Waals surface area contributed by atoms with Gasteiger partial charge in [0.15, 0.2) is 0 Å². The molecule has 2 atom stereocenters. The molecule has 0 aromatic carbocycles. The smallest absolute Gasteiger partial charge is 0.326 e. The number of nitrogens with one attached hydrogen (secondary N) is 1. The summed E-state index contributed by atoms with van der Waals surface area (Å²) >= 11 is 0. The number of carboxylic acid groups (broad SMARTS) is 1. The summed E-state index contributed by atoms with van der Waals surface area (Å²) in [4.78, 5) is 40.7. The molecule has 1 aromatic rings. The van der Waals surface area contributed by atoms with Crippen molar-refractivity contribution < 1.29 is 19.5 Å². The number of aromatic nitrogens is 1. The van der Waals surface area contributed by atoms with Gasteiger partial charge in [0.05, 0.1) is 5.92 Å². The first-order valence-corrected chi connectivity index (χ1v) is 6.70. The monoisotopic (exact) mass is 291 g/mol. The highest BCUT2D eigenvalue weighted by atomic mass is 16.4. The zero-order valence-electron chi connectivity index (χ0n) is 11.7. The van der Waals surface area contributed by atoms with Gasteiger partial charge < -0.3 is 15.3 Å². The Hall–Kier alpha value is -2.44. The van der Waals surface area contributed by atoms with Crippen molar-refractivity contribution in [1.82, 2.24) is 15.2 Å². The lowest BCUT2D eigenvalue weighted by molar-refractivity contribution is -0.145. The molecule has 112 valence electrons. The highest BCUT2D eigenvalue weighted by Gasteiger charge is 2.38. The van der Waals surface area contributed by atoms with Crippen molar-refractivity contribution >= 4 is 17.8 Å². The summed E-state index contributed by atoms with van der Waals surface area (Å²) in [5, 5.41) is 11.8. The Morgan fingerprint density at radius 1 is 1.29 bits per heavy atom. The van der Waals surface area contributed by atoms with E-state index in [9.17, 15) is 19.5 Å².